The maximum atomic E-state index is 10.0. The summed E-state index contributed by atoms with van der Waals surface area (Å²) in [6.45, 7) is 1.34. The number of aliphatic hydroxyl groups excluding tert-OH is 1. The predicted octanol–water partition coefficient (Wildman–Crippen LogP) is -1.12. The Morgan fingerprint density at radius 1 is 1.78 bits per heavy atom. The molecule has 0 amide bonds. The van der Waals surface area contributed by atoms with Crippen LogP contribution < -0.4 is 0 Å². The summed E-state index contributed by atoms with van der Waals surface area (Å²) in [6.07, 6.45) is -1.02. The van der Waals surface area contributed by atoms with Gasteiger partial charge in [0, 0.05) is 35.6 Å². The van der Waals surface area contributed by atoms with Crippen molar-refractivity contribution in [3.05, 3.63) is 0 Å². The van der Waals surface area contributed by atoms with Crippen LogP contribution in [0.5, 0.6) is 0 Å². The van der Waals surface area contributed by atoms with E-state index in [1.165, 1.54) is 6.92 Å². The van der Waals surface area contributed by atoms with Crippen LogP contribution in [0.2, 0.25) is 0 Å². The predicted molar refractivity (Wildman–Crippen MR) is 31.1 cm³/mol. The standard InChI is InChI=1S/C3H7O3P.La.H2O/c1-2(4)3(5)6-7;;/h2,4H,7H2,1H3;;1H2. The Morgan fingerprint density at radius 3 is 2.11 bits per heavy atom. The quantitative estimate of drug-likeness (QED) is 0.617. The fourth-order valence-electron chi connectivity index (χ4n) is 0.0985. The molecule has 0 saturated heterocycles. The fraction of sp³-hybridized carbons (Fsp3) is 0.667. The Morgan fingerprint density at radius 2 is 2.11 bits per heavy atom. The van der Waals surface area contributed by atoms with Crippen molar-refractivity contribution in [3.63, 3.8) is 0 Å². The van der Waals surface area contributed by atoms with E-state index in [9.17, 15) is 4.79 Å². The fourth-order valence-corrected chi connectivity index (χ4v) is 0.295. The minimum atomic E-state index is -1.02. The number of aliphatic hydroxyl groups is 1. The largest absolute Gasteiger partial charge is 0.450 e. The van der Waals surface area contributed by atoms with Crippen LogP contribution in [0.3, 0.4) is 0 Å². The first kappa shape index (κ1) is 16.5. The van der Waals surface area contributed by atoms with Crippen molar-refractivity contribution in [1.82, 2.24) is 0 Å². The van der Waals surface area contributed by atoms with Gasteiger partial charge in [0.25, 0.3) is 0 Å². The van der Waals surface area contributed by atoms with Crippen molar-refractivity contribution in [3.8, 4) is 0 Å². The number of hydrogen-bond acceptors (Lipinski definition) is 3. The van der Waals surface area contributed by atoms with Gasteiger partial charge in [-0.3, -0.25) is 0 Å². The zero-order valence-electron chi connectivity index (χ0n) is 5.00. The van der Waals surface area contributed by atoms with Crippen molar-refractivity contribution in [2.24, 2.45) is 0 Å². The van der Waals surface area contributed by atoms with E-state index in [2.05, 4.69) is 4.52 Å². The van der Waals surface area contributed by atoms with E-state index in [0.29, 0.717) is 0 Å². The zero-order valence-corrected chi connectivity index (χ0v) is 9.78. The molecule has 1 radical (unpaired) electrons. The molecule has 0 aliphatic rings. The van der Waals surface area contributed by atoms with E-state index in [1.54, 1.807) is 9.47 Å². The molecule has 4 nitrogen and oxygen atoms in total. The second-order valence-corrected chi connectivity index (χ2v) is 1.35. The number of rotatable bonds is 1. The van der Waals surface area contributed by atoms with Crippen molar-refractivity contribution in [1.29, 1.82) is 0 Å². The van der Waals surface area contributed by atoms with Gasteiger partial charge in [-0.25, -0.2) is 4.79 Å². The Kier molecular flexibility index (Phi) is 16.6. The molecule has 0 aromatic heterocycles. The van der Waals surface area contributed by atoms with Gasteiger partial charge in [0.05, 0.1) is 9.47 Å². The molecule has 0 fully saturated rings. The Bertz CT molecular complexity index is 76.2. The molecule has 3 N–H and O–H groups in total. The van der Waals surface area contributed by atoms with Gasteiger partial charge in [-0.15, -0.1) is 0 Å². The van der Waals surface area contributed by atoms with Gasteiger partial charge in [-0.1, -0.05) is 0 Å². The van der Waals surface area contributed by atoms with E-state index in [0.717, 1.165) is 0 Å². The van der Waals surface area contributed by atoms with Gasteiger partial charge in [0.1, 0.15) is 6.10 Å². The third-order valence-corrected chi connectivity index (χ3v) is 0.690. The van der Waals surface area contributed by atoms with Gasteiger partial charge >= 0.3 is 5.97 Å². The van der Waals surface area contributed by atoms with Crippen molar-refractivity contribution < 1.29 is 55.5 Å². The summed E-state index contributed by atoms with van der Waals surface area (Å²) in [5.74, 6) is -0.634. The normalized spacial score (nSPS) is 10.1. The smallest absolute Gasteiger partial charge is 0.336 e. The molecule has 2 atom stereocenters. The average Bonchev–Trinajstić information content (AvgIpc) is 1.65. The zero-order chi connectivity index (χ0) is 5.86. The maximum Gasteiger partial charge on any atom is 0.336 e. The molecule has 0 spiro atoms. The van der Waals surface area contributed by atoms with Crippen LogP contribution in [0.1, 0.15) is 6.92 Å². The van der Waals surface area contributed by atoms with Crippen LogP contribution >= 0.6 is 9.47 Å². The Balaban J connectivity index is -0.000000180. The van der Waals surface area contributed by atoms with E-state index in [4.69, 9.17) is 5.11 Å². The van der Waals surface area contributed by atoms with E-state index >= 15 is 0 Å². The van der Waals surface area contributed by atoms with Gasteiger partial charge in [0.15, 0.2) is 0 Å². The maximum absolute atomic E-state index is 10.0. The van der Waals surface area contributed by atoms with Crippen LogP contribution in [-0.2, 0) is 9.32 Å². The summed E-state index contributed by atoms with van der Waals surface area (Å²) in [5.41, 5.74) is 0. The van der Waals surface area contributed by atoms with Crippen LogP contribution in [0.25, 0.3) is 0 Å². The Hall–Kier alpha value is 1.01. The minimum absolute atomic E-state index is 0. The van der Waals surface area contributed by atoms with Crippen molar-refractivity contribution >= 4 is 15.4 Å². The van der Waals surface area contributed by atoms with Crippen LogP contribution in [-0.4, -0.2) is 22.7 Å². The van der Waals surface area contributed by atoms with Crippen molar-refractivity contribution in [2.45, 2.75) is 13.0 Å². The van der Waals surface area contributed by atoms with Crippen LogP contribution in [0.15, 0.2) is 0 Å². The van der Waals surface area contributed by atoms with E-state index in [1.807, 2.05) is 0 Å². The first-order chi connectivity index (χ1) is 3.18. The molecule has 0 aliphatic carbocycles. The molecule has 0 bridgehead atoms. The van der Waals surface area contributed by atoms with Crippen LogP contribution in [0, 0.1) is 35.6 Å². The van der Waals surface area contributed by atoms with E-state index in [-0.39, 0.29) is 41.1 Å². The topological polar surface area (TPSA) is 78.0 Å². The van der Waals surface area contributed by atoms with Crippen LogP contribution in [0.4, 0.5) is 0 Å². The summed E-state index contributed by atoms with van der Waals surface area (Å²) < 4.78 is 4.04. The molecule has 2 unspecified atom stereocenters. The third-order valence-electron chi connectivity index (χ3n) is 0.457. The summed E-state index contributed by atoms with van der Waals surface area (Å²) in [4.78, 5) is 10.0. The van der Waals surface area contributed by atoms with Gasteiger partial charge in [0.2, 0.25) is 0 Å². The van der Waals surface area contributed by atoms with Gasteiger partial charge in [-0.2, -0.15) is 0 Å². The minimum Gasteiger partial charge on any atom is -0.450 e. The molecule has 0 aliphatic heterocycles. The average molecular weight is 279 g/mol. The summed E-state index contributed by atoms with van der Waals surface area (Å²) in [7, 11) is 1.75. The molecular formula is C3H9LaO4P. The molecule has 6 heteroatoms. The van der Waals surface area contributed by atoms with E-state index < -0.39 is 12.1 Å². The molecule has 9 heavy (non-hydrogen) atoms. The summed E-state index contributed by atoms with van der Waals surface area (Å²) >= 11 is 0. The molecule has 0 heterocycles. The van der Waals surface area contributed by atoms with Gasteiger partial charge < -0.3 is 15.1 Å². The number of carbonyl (C=O) groups excluding carboxylic acids is 1. The first-order valence-electron chi connectivity index (χ1n) is 1.77. The second kappa shape index (κ2) is 9.01. The number of carbonyl (C=O) groups is 1. The number of hydrogen-bond donors (Lipinski definition) is 1. The SMILES string of the molecule is CC(O)C(=O)OP.O.[La]. The molecule has 53 valence electrons. The molecule has 0 aromatic rings. The molecule has 0 saturated carbocycles. The molecular weight excluding hydrogens is 270 g/mol. The summed E-state index contributed by atoms with van der Waals surface area (Å²) in [6, 6.07) is 0. The first-order valence-corrected chi connectivity index (χ1v) is 2.24. The Labute approximate surface area is 83.5 Å². The molecule has 0 rings (SSSR count). The summed E-state index contributed by atoms with van der Waals surface area (Å²) in [5, 5.41) is 8.33. The third kappa shape index (κ3) is 9.01. The second-order valence-electron chi connectivity index (χ2n) is 1.11. The monoisotopic (exact) mass is 279 g/mol. The van der Waals surface area contributed by atoms with Gasteiger partial charge in [-0.05, 0) is 6.92 Å². The molecule has 0 aromatic carbocycles. The van der Waals surface area contributed by atoms with Crippen molar-refractivity contribution in [2.75, 3.05) is 0 Å².